The third-order valence-corrected chi connectivity index (χ3v) is 4.71. The van der Waals surface area contributed by atoms with Crippen molar-refractivity contribution in [2.45, 2.75) is 6.04 Å². The molecule has 118 valence electrons. The standard InChI is InChI=1S/C18H12N2O3S/c21-17-11-4-2-1-3-10(11)16-14(17)15(19-18(24)20-16)9-5-6-12-13(7-9)23-8-22-12/h1-7,15H,8H2,(H2,19,20,24)/t15-/m1/s1. The second-order valence-electron chi connectivity index (χ2n) is 5.81. The van der Waals surface area contributed by atoms with Crippen LogP contribution in [0.3, 0.4) is 0 Å². The number of carbonyl (C=O) groups excluding carboxylic acids is 1. The number of benzene rings is 2. The molecule has 1 atom stereocenters. The molecule has 5 rings (SSSR count). The summed E-state index contributed by atoms with van der Waals surface area (Å²) in [6, 6.07) is 12.9. The highest BCUT2D eigenvalue weighted by molar-refractivity contribution is 7.80. The summed E-state index contributed by atoms with van der Waals surface area (Å²) in [5, 5.41) is 6.85. The number of thiocarbonyl (C=S) groups is 1. The highest BCUT2D eigenvalue weighted by Gasteiger charge is 2.39. The summed E-state index contributed by atoms with van der Waals surface area (Å²) < 4.78 is 10.8. The molecule has 0 radical (unpaired) electrons. The van der Waals surface area contributed by atoms with Gasteiger partial charge in [-0.3, -0.25) is 4.79 Å². The molecule has 0 fully saturated rings. The zero-order valence-corrected chi connectivity index (χ0v) is 13.3. The summed E-state index contributed by atoms with van der Waals surface area (Å²) >= 11 is 5.35. The number of hydrogen-bond donors (Lipinski definition) is 2. The summed E-state index contributed by atoms with van der Waals surface area (Å²) in [6.07, 6.45) is 0. The van der Waals surface area contributed by atoms with Gasteiger partial charge in [-0.25, -0.2) is 0 Å². The van der Waals surface area contributed by atoms with E-state index >= 15 is 0 Å². The molecule has 0 spiro atoms. The lowest BCUT2D eigenvalue weighted by atomic mass is 9.94. The molecule has 5 nitrogen and oxygen atoms in total. The van der Waals surface area contributed by atoms with Crippen LogP contribution >= 0.6 is 12.2 Å². The number of rotatable bonds is 1. The smallest absolute Gasteiger partial charge is 0.231 e. The number of fused-ring (bicyclic) bond motifs is 3. The van der Waals surface area contributed by atoms with Crippen LogP contribution < -0.4 is 20.1 Å². The van der Waals surface area contributed by atoms with E-state index in [2.05, 4.69) is 10.6 Å². The van der Waals surface area contributed by atoms with Crippen molar-refractivity contribution < 1.29 is 14.3 Å². The molecule has 0 saturated carbocycles. The van der Waals surface area contributed by atoms with E-state index in [0.29, 0.717) is 27.7 Å². The first kappa shape index (κ1) is 13.6. The van der Waals surface area contributed by atoms with E-state index < -0.39 is 0 Å². The maximum absolute atomic E-state index is 12.9. The molecule has 0 bridgehead atoms. The Hall–Kier alpha value is -2.86. The van der Waals surface area contributed by atoms with Crippen LogP contribution in [0.15, 0.2) is 48.0 Å². The van der Waals surface area contributed by atoms with Crippen LogP contribution in [0.1, 0.15) is 27.5 Å². The second kappa shape index (κ2) is 4.82. The fraction of sp³-hybridized carbons (Fsp3) is 0.111. The Morgan fingerprint density at radius 1 is 1.04 bits per heavy atom. The molecule has 0 saturated heterocycles. The van der Waals surface area contributed by atoms with Gasteiger partial charge in [0.05, 0.1) is 17.3 Å². The normalized spacial score (nSPS) is 20.4. The van der Waals surface area contributed by atoms with Crippen molar-refractivity contribution >= 4 is 28.8 Å². The van der Waals surface area contributed by atoms with Gasteiger partial charge < -0.3 is 20.1 Å². The summed E-state index contributed by atoms with van der Waals surface area (Å²) in [5.41, 5.74) is 3.99. The predicted molar refractivity (Wildman–Crippen MR) is 91.9 cm³/mol. The lowest BCUT2D eigenvalue weighted by Crippen LogP contribution is -2.43. The molecule has 0 aromatic heterocycles. The highest BCUT2D eigenvalue weighted by Crippen LogP contribution is 2.42. The lowest BCUT2D eigenvalue weighted by Gasteiger charge is -2.28. The topological polar surface area (TPSA) is 59.6 Å². The van der Waals surface area contributed by atoms with Crippen LogP contribution in [0.2, 0.25) is 0 Å². The van der Waals surface area contributed by atoms with Gasteiger partial charge in [-0.15, -0.1) is 0 Å². The summed E-state index contributed by atoms with van der Waals surface area (Å²) in [7, 11) is 0. The van der Waals surface area contributed by atoms with Crippen molar-refractivity contribution in [1.82, 2.24) is 10.6 Å². The molecule has 6 heteroatoms. The molecule has 2 aliphatic heterocycles. The first-order chi connectivity index (χ1) is 11.7. The number of hydrogen-bond acceptors (Lipinski definition) is 4. The van der Waals surface area contributed by atoms with Crippen LogP contribution in [-0.2, 0) is 0 Å². The third-order valence-electron chi connectivity index (χ3n) is 4.49. The molecule has 0 unspecified atom stereocenters. The fourth-order valence-electron chi connectivity index (χ4n) is 3.41. The van der Waals surface area contributed by atoms with E-state index in [-0.39, 0.29) is 18.6 Å². The van der Waals surface area contributed by atoms with Gasteiger partial charge >= 0.3 is 0 Å². The average molecular weight is 336 g/mol. The Morgan fingerprint density at radius 2 is 1.83 bits per heavy atom. The Morgan fingerprint density at radius 3 is 2.71 bits per heavy atom. The van der Waals surface area contributed by atoms with Gasteiger partial charge in [0.25, 0.3) is 0 Å². The van der Waals surface area contributed by atoms with Crippen molar-refractivity contribution in [3.05, 3.63) is 64.7 Å². The van der Waals surface area contributed by atoms with E-state index in [1.807, 2.05) is 42.5 Å². The second-order valence-corrected chi connectivity index (χ2v) is 6.22. The van der Waals surface area contributed by atoms with Gasteiger partial charge in [-0.1, -0.05) is 30.3 Å². The van der Waals surface area contributed by atoms with Crippen LogP contribution in [0.4, 0.5) is 0 Å². The average Bonchev–Trinajstić information content (AvgIpc) is 3.17. The fourth-order valence-corrected chi connectivity index (χ4v) is 3.63. The molecule has 24 heavy (non-hydrogen) atoms. The van der Waals surface area contributed by atoms with Crippen molar-refractivity contribution in [3.63, 3.8) is 0 Å². The third kappa shape index (κ3) is 1.80. The molecule has 0 amide bonds. The minimum atomic E-state index is -0.317. The summed E-state index contributed by atoms with van der Waals surface area (Å²) in [5.74, 6) is 1.42. The molecule has 2 N–H and O–H groups in total. The Bertz CT molecular complexity index is 951. The number of carbonyl (C=O) groups is 1. The van der Waals surface area contributed by atoms with Gasteiger partial charge in [-0.2, -0.15) is 0 Å². The van der Waals surface area contributed by atoms with Gasteiger partial charge in [0.2, 0.25) is 6.79 Å². The van der Waals surface area contributed by atoms with Crippen LogP contribution in [0.5, 0.6) is 11.5 Å². The van der Waals surface area contributed by atoms with Gasteiger partial charge in [0, 0.05) is 11.1 Å². The number of nitrogens with one attached hydrogen (secondary N) is 2. The van der Waals surface area contributed by atoms with Gasteiger partial charge in [-0.05, 0) is 29.9 Å². The summed E-state index contributed by atoms with van der Waals surface area (Å²) in [6.45, 7) is 0.217. The quantitative estimate of drug-likeness (QED) is 0.781. The van der Waals surface area contributed by atoms with Crippen molar-refractivity contribution in [2.75, 3.05) is 6.79 Å². The van der Waals surface area contributed by atoms with E-state index in [9.17, 15) is 4.79 Å². The monoisotopic (exact) mass is 336 g/mol. The molecule has 1 aliphatic carbocycles. The van der Waals surface area contributed by atoms with E-state index in [1.165, 1.54) is 0 Å². The minimum Gasteiger partial charge on any atom is -0.454 e. The van der Waals surface area contributed by atoms with Crippen LogP contribution in [-0.4, -0.2) is 17.7 Å². The number of ether oxygens (including phenoxy) is 2. The first-order valence-electron chi connectivity index (χ1n) is 7.58. The molecular weight excluding hydrogens is 324 g/mol. The van der Waals surface area contributed by atoms with Crippen molar-refractivity contribution in [1.29, 1.82) is 0 Å². The Balaban J connectivity index is 1.66. The Kier molecular flexibility index (Phi) is 2.72. The largest absolute Gasteiger partial charge is 0.454 e. The molecule has 2 heterocycles. The predicted octanol–water partition coefficient (Wildman–Crippen LogP) is 2.54. The van der Waals surface area contributed by atoms with Crippen LogP contribution in [0.25, 0.3) is 5.70 Å². The van der Waals surface area contributed by atoms with Crippen molar-refractivity contribution in [3.8, 4) is 11.5 Å². The van der Waals surface area contributed by atoms with E-state index in [1.54, 1.807) is 0 Å². The number of ketones is 1. The van der Waals surface area contributed by atoms with E-state index in [4.69, 9.17) is 21.7 Å². The molecule has 2 aromatic carbocycles. The molecular formula is C18H12N2O3S. The van der Waals surface area contributed by atoms with Crippen molar-refractivity contribution in [2.24, 2.45) is 0 Å². The SMILES string of the molecule is O=C1C2=C(NC(=S)N[C@@H]2c2ccc3c(c2)OCO3)c2ccccc21. The number of Topliss-reactive ketones (excluding diaryl/α,β-unsaturated/α-hetero) is 1. The van der Waals surface area contributed by atoms with Gasteiger partial charge in [0.15, 0.2) is 22.4 Å². The maximum Gasteiger partial charge on any atom is 0.231 e. The lowest BCUT2D eigenvalue weighted by molar-refractivity contribution is 0.103. The van der Waals surface area contributed by atoms with Crippen LogP contribution in [0, 0.1) is 0 Å². The zero-order valence-electron chi connectivity index (χ0n) is 12.5. The highest BCUT2D eigenvalue weighted by atomic mass is 32.1. The summed E-state index contributed by atoms with van der Waals surface area (Å²) in [4.78, 5) is 12.9. The molecule has 2 aromatic rings. The maximum atomic E-state index is 12.9. The Labute approximate surface area is 143 Å². The van der Waals surface area contributed by atoms with E-state index in [0.717, 1.165) is 16.8 Å². The zero-order chi connectivity index (χ0) is 16.3. The first-order valence-corrected chi connectivity index (χ1v) is 7.98. The van der Waals surface area contributed by atoms with Gasteiger partial charge in [0.1, 0.15) is 0 Å². The minimum absolute atomic E-state index is 0.0192. The molecule has 3 aliphatic rings.